The van der Waals surface area contributed by atoms with Gasteiger partial charge >= 0.3 is 0 Å². The second-order valence-electron chi connectivity index (χ2n) is 5.94. The van der Waals surface area contributed by atoms with Gasteiger partial charge in [-0.05, 0) is 36.1 Å². The first-order chi connectivity index (χ1) is 8.90. The molecule has 0 bridgehead atoms. The fourth-order valence-electron chi connectivity index (χ4n) is 3.45. The molecule has 0 radical (unpaired) electrons. The van der Waals surface area contributed by atoms with Crippen LogP contribution in [0.4, 0.5) is 0 Å². The van der Waals surface area contributed by atoms with Crippen LogP contribution in [-0.2, 0) is 6.42 Å². The summed E-state index contributed by atoms with van der Waals surface area (Å²) in [6.45, 7) is 2.31. The third kappa shape index (κ3) is 4.42. The van der Waals surface area contributed by atoms with E-state index in [-0.39, 0.29) is 0 Å². The zero-order chi connectivity index (χ0) is 12.6. The molecule has 1 aromatic rings. The van der Waals surface area contributed by atoms with Gasteiger partial charge in [-0.2, -0.15) is 0 Å². The van der Waals surface area contributed by atoms with E-state index in [1.165, 1.54) is 64.2 Å². The van der Waals surface area contributed by atoms with E-state index in [9.17, 15) is 0 Å². The van der Waals surface area contributed by atoms with Crippen LogP contribution in [0.5, 0.6) is 0 Å². The summed E-state index contributed by atoms with van der Waals surface area (Å²) >= 11 is 1.95. The first-order valence-electron chi connectivity index (χ1n) is 7.92. The average molecular weight is 264 g/mol. The standard InChI is InChI=1S/C17H28S/c1-2-3-4-5-11-16(15-9-6-7-10-15)14-17-12-8-13-18-17/h8,12-13,15-16H,2-7,9-11,14H2,1H3. The molecule has 0 saturated heterocycles. The summed E-state index contributed by atoms with van der Waals surface area (Å²) in [5.74, 6) is 2.01. The minimum Gasteiger partial charge on any atom is -0.149 e. The number of rotatable bonds is 8. The topological polar surface area (TPSA) is 0 Å². The Labute approximate surface area is 117 Å². The molecule has 1 aliphatic rings. The first kappa shape index (κ1) is 14.1. The Morgan fingerprint density at radius 3 is 2.72 bits per heavy atom. The highest BCUT2D eigenvalue weighted by Crippen LogP contribution is 2.36. The van der Waals surface area contributed by atoms with Crippen molar-refractivity contribution in [1.82, 2.24) is 0 Å². The fourth-order valence-corrected chi connectivity index (χ4v) is 4.25. The molecule has 0 nitrogen and oxygen atoms in total. The Balaban J connectivity index is 1.81. The maximum atomic E-state index is 2.33. The van der Waals surface area contributed by atoms with E-state index in [1.807, 2.05) is 11.3 Å². The first-order valence-corrected chi connectivity index (χ1v) is 8.80. The Bertz CT molecular complexity index is 295. The SMILES string of the molecule is CCCCCCC(Cc1cccs1)C1CCCC1. The van der Waals surface area contributed by atoms with Crippen LogP contribution in [0.15, 0.2) is 17.5 Å². The van der Waals surface area contributed by atoms with Crippen molar-refractivity contribution in [2.75, 3.05) is 0 Å². The molecule has 0 aliphatic heterocycles. The molecule has 1 atom stereocenters. The Morgan fingerprint density at radius 2 is 2.06 bits per heavy atom. The van der Waals surface area contributed by atoms with Gasteiger partial charge in [-0.15, -0.1) is 11.3 Å². The van der Waals surface area contributed by atoms with Crippen molar-refractivity contribution in [1.29, 1.82) is 0 Å². The molecule has 0 amide bonds. The number of unbranched alkanes of at least 4 members (excludes halogenated alkanes) is 3. The third-order valence-corrected chi connectivity index (χ3v) is 5.44. The minimum absolute atomic E-state index is 0.975. The summed E-state index contributed by atoms with van der Waals surface area (Å²) in [6.07, 6.45) is 14.5. The van der Waals surface area contributed by atoms with Crippen molar-refractivity contribution in [3.63, 3.8) is 0 Å². The molecule has 1 saturated carbocycles. The van der Waals surface area contributed by atoms with Gasteiger partial charge < -0.3 is 0 Å². The van der Waals surface area contributed by atoms with E-state index in [1.54, 1.807) is 4.88 Å². The van der Waals surface area contributed by atoms with Crippen molar-refractivity contribution in [2.24, 2.45) is 11.8 Å². The molecule has 102 valence electrons. The molecule has 1 aliphatic carbocycles. The van der Waals surface area contributed by atoms with Gasteiger partial charge in [-0.1, -0.05) is 64.4 Å². The summed E-state index contributed by atoms with van der Waals surface area (Å²) in [5, 5.41) is 2.23. The van der Waals surface area contributed by atoms with Gasteiger partial charge in [0.2, 0.25) is 0 Å². The van der Waals surface area contributed by atoms with Crippen LogP contribution in [0, 0.1) is 11.8 Å². The summed E-state index contributed by atoms with van der Waals surface area (Å²) in [4.78, 5) is 1.61. The van der Waals surface area contributed by atoms with Gasteiger partial charge in [-0.25, -0.2) is 0 Å². The summed E-state index contributed by atoms with van der Waals surface area (Å²) < 4.78 is 0. The molecule has 2 rings (SSSR count). The van der Waals surface area contributed by atoms with Crippen LogP contribution in [0.1, 0.15) is 69.6 Å². The monoisotopic (exact) mass is 264 g/mol. The van der Waals surface area contributed by atoms with E-state index < -0.39 is 0 Å². The minimum atomic E-state index is 0.975. The molecule has 1 heteroatoms. The number of hydrogen-bond acceptors (Lipinski definition) is 1. The van der Waals surface area contributed by atoms with Gasteiger partial charge in [0.1, 0.15) is 0 Å². The third-order valence-electron chi connectivity index (χ3n) is 4.54. The molecule has 1 fully saturated rings. The van der Waals surface area contributed by atoms with Gasteiger partial charge in [0, 0.05) is 4.88 Å². The van der Waals surface area contributed by atoms with Crippen LogP contribution >= 0.6 is 11.3 Å². The Kier molecular flexibility index (Phi) is 6.26. The number of hydrogen-bond donors (Lipinski definition) is 0. The Morgan fingerprint density at radius 1 is 1.22 bits per heavy atom. The lowest BCUT2D eigenvalue weighted by Crippen LogP contribution is -2.14. The van der Waals surface area contributed by atoms with E-state index in [2.05, 4.69) is 24.4 Å². The lowest BCUT2D eigenvalue weighted by atomic mass is 9.83. The molecule has 0 aromatic carbocycles. The van der Waals surface area contributed by atoms with E-state index in [0.717, 1.165) is 11.8 Å². The molecular weight excluding hydrogens is 236 g/mol. The quantitative estimate of drug-likeness (QED) is 0.500. The van der Waals surface area contributed by atoms with Crippen LogP contribution < -0.4 is 0 Å². The molecule has 18 heavy (non-hydrogen) atoms. The highest BCUT2D eigenvalue weighted by Gasteiger charge is 2.24. The number of thiophene rings is 1. The van der Waals surface area contributed by atoms with Crippen molar-refractivity contribution in [3.8, 4) is 0 Å². The maximum Gasteiger partial charge on any atom is 0.00480 e. The zero-order valence-corrected chi connectivity index (χ0v) is 12.7. The largest absolute Gasteiger partial charge is 0.149 e. The van der Waals surface area contributed by atoms with E-state index >= 15 is 0 Å². The van der Waals surface area contributed by atoms with E-state index in [0.29, 0.717) is 0 Å². The highest BCUT2D eigenvalue weighted by molar-refractivity contribution is 7.09. The lowest BCUT2D eigenvalue weighted by molar-refractivity contribution is 0.307. The normalized spacial score (nSPS) is 18.3. The Hall–Kier alpha value is -0.300. The highest BCUT2D eigenvalue weighted by atomic mass is 32.1. The maximum absolute atomic E-state index is 2.33. The molecule has 1 aromatic heterocycles. The van der Waals surface area contributed by atoms with Gasteiger partial charge in [0.15, 0.2) is 0 Å². The predicted molar refractivity (Wildman–Crippen MR) is 82.2 cm³/mol. The molecule has 1 heterocycles. The van der Waals surface area contributed by atoms with Gasteiger partial charge in [-0.3, -0.25) is 0 Å². The van der Waals surface area contributed by atoms with Crippen LogP contribution in [0.3, 0.4) is 0 Å². The van der Waals surface area contributed by atoms with Crippen molar-refractivity contribution in [3.05, 3.63) is 22.4 Å². The van der Waals surface area contributed by atoms with Crippen LogP contribution in [0.2, 0.25) is 0 Å². The van der Waals surface area contributed by atoms with Gasteiger partial charge in [0.05, 0.1) is 0 Å². The summed E-state index contributed by atoms with van der Waals surface area (Å²) in [7, 11) is 0. The van der Waals surface area contributed by atoms with E-state index in [4.69, 9.17) is 0 Å². The predicted octanol–water partition coefficient (Wildman–Crippen LogP) is 6.07. The molecule has 0 N–H and O–H groups in total. The average Bonchev–Trinajstić information content (AvgIpc) is 3.05. The van der Waals surface area contributed by atoms with Crippen LogP contribution in [-0.4, -0.2) is 0 Å². The molecule has 1 unspecified atom stereocenters. The molecular formula is C17H28S. The second kappa shape index (κ2) is 7.99. The zero-order valence-electron chi connectivity index (χ0n) is 11.9. The van der Waals surface area contributed by atoms with Crippen molar-refractivity contribution >= 4 is 11.3 Å². The van der Waals surface area contributed by atoms with Crippen molar-refractivity contribution < 1.29 is 0 Å². The second-order valence-corrected chi connectivity index (χ2v) is 6.97. The van der Waals surface area contributed by atoms with Gasteiger partial charge in [0.25, 0.3) is 0 Å². The molecule has 0 spiro atoms. The lowest BCUT2D eigenvalue weighted by Gasteiger charge is -2.23. The smallest absolute Gasteiger partial charge is 0.00480 e. The fraction of sp³-hybridized carbons (Fsp3) is 0.765. The summed E-state index contributed by atoms with van der Waals surface area (Å²) in [6, 6.07) is 4.54. The summed E-state index contributed by atoms with van der Waals surface area (Å²) in [5.41, 5.74) is 0. The van der Waals surface area contributed by atoms with Crippen molar-refractivity contribution in [2.45, 2.75) is 71.1 Å². The van der Waals surface area contributed by atoms with Crippen LogP contribution in [0.25, 0.3) is 0 Å².